The molecular weight excluding hydrogens is 256 g/mol. The van der Waals surface area contributed by atoms with E-state index in [0.29, 0.717) is 18.2 Å². The van der Waals surface area contributed by atoms with Crippen molar-refractivity contribution < 1.29 is 8.78 Å². The largest absolute Gasteiger partial charge is 0.310 e. The van der Waals surface area contributed by atoms with E-state index in [4.69, 9.17) is 0 Å². The second-order valence-corrected chi connectivity index (χ2v) is 5.98. The Morgan fingerprint density at radius 2 is 2.00 bits per heavy atom. The number of benzene rings is 1. The first-order valence-electron chi connectivity index (χ1n) is 7.86. The minimum absolute atomic E-state index is 0.323. The van der Waals surface area contributed by atoms with E-state index in [0.717, 1.165) is 18.8 Å². The van der Waals surface area contributed by atoms with Crippen molar-refractivity contribution in [3.8, 4) is 0 Å². The molecule has 1 nitrogen and oxygen atoms in total. The van der Waals surface area contributed by atoms with Gasteiger partial charge in [0.25, 0.3) is 0 Å². The molecule has 0 spiro atoms. The molecule has 2 unspecified atom stereocenters. The summed E-state index contributed by atoms with van der Waals surface area (Å²) in [5.74, 6) is 0.168. The summed E-state index contributed by atoms with van der Waals surface area (Å²) in [5.41, 5.74) is 0.430. The van der Waals surface area contributed by atoms with Crippen LogP contribution in [0.25, 0.3) is 0 Å². The lowest BCUT2D eigenvalue weighted by Crippen LogP contribution is -2.28. The first kappa shape index (κ1) is 15.4. The van der Waals surface area contributed by atoms with Crippen LogP contribution in [0.2, 0.25) is 0 Å². The van der Waals surface area contributed by atoms with Crippen molar-refractivity contribution in [1.29, 1.82) is 0 Å². The molecule has 20 heavy (non-hydrogen) atoms. The lowest BCUT2D eigenvalue weighted by atomic mass is 9.95. The van der Waals surface area contributed by atoms with Crippen molar-refractivity contribution in [2.24, 2.45) is 5.92 Å². The highest BCUT2D eigenvalue weighted by Crippen LogP contribution is 2.26. The van der Waals surface area contributed by atoms with Crippen LogP contribution in [0.1, 0.15) is 57.4 Å². The van der Waals surface area contributed by atoms with E-state index in [-0.39, 0.29) is 11.6 Å². The molecule has 1 aliphatic rings. The van der Waals surface area contributed by atoms with Crippen LogP contribution in [-0.2, 0) is 6.54 Å². The number of hydrogen-bond donors (Lipinski definition) is 1. The van der Waals surface area contributed by atoms with Crippen LogP contribution in [0.15, 0.2) is 18.2 Å². The molecule has 1 aliphatic carbocycles. The number of rotatable bonds is 5. The van der Waals surface area contributed by atoms with Gasteiger partial charge in [-0.1, -0.05) is 32.6 Å². The molecule has 1 aromatic carbocycles. The molecule has 0 aliphatic heterocycles. The van der Waals surface area contributed by atoms with Crippen LogP contribution in [0, 0.1) is 17.6 Å². The van der Waals surface area contributed by atoms with Gasteiger partial charge in [0, 0.05) is 18.2 Å². The minimum atomic E-state index is -0.368. The Labute approximate surface area is 120 Å². The molecular formula is C17H25F2N. The van der Waals surface area contributed by atoms with Crippen LogP contribution in [0.5, 0.6) is 0 Å². The molecule has 2 atom stereocenters. The van der Waals surface area contributed by atoms with Crippen LogP contribution < -0.4 is 5.32 Å². The Kier molecular flexibility index (Phi) is 5.96. The molecule has 1 aromatic rings. The van der Waals surface area contributed by atoms with Gasteiger partial charge in [-0.15, -0.1) is 0 Å². The Morgan fingerprint density at radius 1 is 1.15 bits per heavy atom. The maximum absolute atomic E-state index is 13.6. The smallest absolute Gasteiger partial charge is 0.127 e. The average Bonchev–Trinajstić information content (AvgIpc) is 2.66. The van der Waals surface area contributed by atoms with Gasteiger partial charge in [0.1, 0.15) is 11.6 Å². The summed E-state index contributed by atoms with van der Waals surface area (Å²) in [6, 6.07) is 4.11. The second kappa shape index (κ2) is 7.72. The lowest BCUT2D eigenvalue weighted by molar-refractivity contribution is 0.408. The molecule has 0 saturated heterocycles. The van der Waals surface area contributed by atoms with Crippen LogP contribution in [-0.4, -0.2) is 6.04 Å². The first-order valence-corrected chi connectivity index (χ1v) is 7.86. The van der Waals surface area contributed by atoms with Gasteiger partial charge in [-0.25, -0.2) is 8.78 Å². The summed E-state index contributed by atoms with van der Waals surface area (Å²) in [6.45, 7) is 2.67. The van der Waals surface area contributed by atoms with E-state index in [9.17, 15) is 8.78 Å². The van der Waals surface area contributed by atoms with E-state index in [2.05, 4.69) is 12.2 Å². The number of nitrogens with one attached hydrogen (secondary N) is 1. The van der Waals surface area contributed by atoms with Gasteiger partial charge in [0.2, 0.25) is 0 Å². The van der Waals surface area contributed by atoms with Gasteiger partial charge in [-0.2, -0.15) is 0 Å². The third-order valence-corrected chi connectivity index (χ3v) is 4.37. The van der Waals surface area contributed by atoms with Gasteiger partial charge < -0.3 is 5.32 Å². The summed E-state index contributed by atoms with van der Waals surface area (Å²) < 4.78 is 26.7. The maximum atomic E-state index is 13.6. The van der Waals surface area contributed by atoms with E-state index < -0.39 is 0 Å². The average molecular weight is 281 g/mol. The van der Waals surface area contributed by atoms with Gasteiger partial charge in [0.15, 0.2) is 0 Å². The Bertz CT molecular complexity index is 419. The van der Waals surface area contributed by atoms with Crippen LogP contribution in [0.3, 0.4) is 0 Å². The van der Waals surface area contributed by atoms with Crippen LogP contribution >= 0.6 is 0 Å². The van der Waals surface area contributed by atoms with Crippen molar-refractivity contribution >= 4 is 0 Å². The zero-order chi connectivity index (χ0) is 14.4. The molecule has 1 N–H and O–H groups in total. The standard InChI is InChI=1S/C17H25F2N/c1-2-4-13-5-3-6-16(9-7-13)20-12-14-11-15(18)8-10-17(14)19/h8,10-11,13,16,20H,2-7,9,12H2,1H3. The molecule has 0 radical (unpaired) electrons. The van der Waals surface area contributed by atoms with Crippen LogP contribution in [0.4, 0.5) is 8.78 Å². The van der Waals surface area contributed by atoms with Gasteiger partial charge in [-0.3, -0.25) is 0 Å². The monoisotopic (exact) mass is 281 g/mol. The van der Waals surface area contributed by atoms with E-state index in [1.165, 1.54) is 50.3 Å². The second-order valence-electron chi connectivity index (χ2n) is 5.98. The zero-order valence-electron chi connectivity index (χ0n) is 12.3. The molecule has 2 rings (SSSR count). The third-order valence-electron chi connectivity index (χ3n) is 4.37. The fourth-order valence-electron chi connectivity index (χ4n) is 3.21. The summed E-state index contributed by atoms with van der Waals surface area (Å²) in [5, 5.41) is 3.40. The molecule has 0 amide bonds. The fourth-order valence-corrected chi connectivity index (χ4v) is 3.21. The highest BCUT2D eigenvalue weighted by atomic mass is 19.1. The summed E-state index contributed by atoms with van der Waals surface area (Å²) in [6.07, 6.45) is 8.71. The molecule has 1 fully saturated rings. The molecule has 0 heterocycles. The predicted molar refractivity (Wildman–Crippen MR) is 78.5 cm³/mol. The number of hydrogen-bond acceptors (Lipinski definition) is 1. The van der Waals surface area contributed by atoms with E-state index in [1.807, 2.05) is 0 Å². The van der Waals surface area contributed by atoms with E-state index in [1.54, 1.807) is 0 Å². The third kappa shape index (κ3) is 4.55. The molecule has 1 saturated carbocycles. The molecule has 112 valence electrons. The van der Waals surface area contributed by atoms with Crippen molar-refractivity contribution in [3.05, 3.63) is 35.4 Å². The Morgan fingerprint density at radius 3 is 2.80 bits per heavy atom. The molecule has 0 aromatic heterocycles. The van der Waals surface area contributed by atoms with Gasteiger partial charge in [-0.05, 0) is 43.4 Å². The van der Waals surface area contributed by atoms with E-state index >= 15 is 0 Å². The SMILES string of the molecule is CCCC1CCCC(NCc2cc(F)ccc2F)CC1. The predicted octanol–water partition coefficient (Wildman–Crippen LogP) is 4.80. The first-order chi connectivity index (χ1) is 9.69. The minimum Gasteiger partial charge on any atom is -0.310 e. The van der Waals surface area contributed by atoms with Gasteiger partial charge in [0.05, 0.1) is 0 Å². The lowest BCUT2D eigenvalue weighted by Gasteiger charge is -2.17. The summed E-state index contributed by atoms with van der Waals surface area (Å²) in [4.78, 5) is 0. The quantitative estimate of drug-likeness (QED) is 0.764. The summed E-state index contributed by atoms with van der Waals surface area (Å²) in [7, 11) is 0. The van der Waals surface area contributed by atoms with Crippen molar-refractivity contribution in [3.63, 3.8) is 0 Å². The Hall–Kier alpha value is -0.960. The highest BCUT2D eigenvalue weighted by Gasteiger charge is 2.18. The highest BCUT2D eigenvalue weighted by molar-refractivity contribution is 5.18. The van der Waals surface area contributed by atoms with Crippen molar-refractivity contribution in [1.82, 2.24) is 5.32 Å². The maximum Gasteiger partial charge on any atom is 0.127 e. The molecule has 0 bridgehead atoms. The number of halogens is 2. The summed E-state index contributed by atoms with van der Waals surface area (Å²) >= 11 is 0. The Balaban J connectivity index is 1.83. The fraction of sp³-hybridized carbons (Fsp3) is 0.647. The zero-order valence-corrected chi connectivity index (χ0v) is 12.3. The topological polar surface area (TPSA) is 12.0 Å². The van der Waals surface area contributed by atoms with Gasteiger partial charge >= 0.3 is 0 Å². The van der Waals surface area contributed by atoms with Crippen molar-refractivity contribution in [2.45, 2.75) is 64.5 Å². The normalized spacial score (nSPS) is 23.6. The molecule has 3 heteroatoms. The van der Waals surface area contributed by atoms with Crippen molar-refractivity contribution in [2.75, 3.05) is 0 Å².